The second-order valence-electron chi connectivity index (χ2n) is 6.75. The molecule has 0 fully saturated rings. The molecule has 0 atom stereocenters. The summed E-state index contributed by atoms with van der Waals surface area (Å²) in [6, 6.07) is 25.4. The van der Waals surface area contributed by atoms with Crippen LogP contribution in [-0.4, -0.2) is 24.9 Å². The van der Waals surface area contributed by atoms with Crippen LogP contribution < -0.4 is 0 Å². The van der Waals surface area contributed by atoms with E-state index in [-0.39, 0.29) is 5.69 Å². The van der Waals surface area contributed by atoms with Gasteiger partial charge in [0.1, 0.15) is 5.69 Å². The van der Waals surface area contributed by atoms with Crippen LogP contribution in [0.5, 0.6) is 0 Å². The van der Waals surface area contributed by atoms with Crippen LogP contribution in [0.4, 0.5) is 5.69 Å². The van der Waals surface area contributed by atoms with E-state index in [2.05, 4.69) is 10.2 Å². The van der Waals surface area contributed by atoms with Crippen molar-refractivity contribution in [2.45, 2.75) is 0 Å². The van der Waals surface area contributed by atoms with Gasteiger partial charge in [0.2, 0.25) is 5.89 Å². The van der Waals surface area contributed by atoms with Gasteiger partial charge in [0.05, 0.1) is 16.2 Å². The molecular formula is C23H15N5O3. The highest BCUT2D eigenvalue weighted by Gasteiger charge is 2.20. The molecule has 0 amide bonds. The summed E-state index contributed by atoms with van der Waals surface area (Å²) in [5.74, 6) is 0.753. The molecule has 0 spiro atoms. The van der Waals surface area contributed by atoms with Gasteiger partial charge in [0.15, 0.2) is 0 Å². The molecule has 8 nitrogen and oxygen atoms in total. The summed E-state index contributed by atoms with van der Waals surface area (Å²) in [4.78, 5) is 10.5. The molecule has 5 aromatic rings. The molecule has 0 unspecified atom stereocenters. The summed E-state index contributed by atoms with van der Waals surface area (Å²) in [7, 11) is 0. The number of nitro groups is 1. The van der Waals surface area contributed by atoms with Crippen molar-refractivity contribution in [1.82, 2.24) is 20.0 Å². The molecular weight excluding hydrogens is 394 g/mol. The second-order valence-corrected chi connectivity index (χ2v) is 6.75. The Morgan fingerprint density at radius 3 is 2.03 bits per heavy atom. The third kappa shape index (κ3) is 3.58. The van der Waals surface area contributed by atoms with Gasteiger partial charge in [0.25, 0.3) is 11.6 Å². The zero-order valence-corrected chi connectivity index (χ0v) is 16.1. The molecule has 5 rings (SSSR count). The quantitative estimate of drug-likeness (QED) is 0.293. The first-order chi connectivity index (χ1) is 15.2. The minimum atomic E-state index is -0.433. The molecule has 0 aliphatic rings. The summed E-state index contributed by atoms with van der Waals surface area (Å²) in [5.41, 5.74) is 3.74. The first-order valence-corrected chi connectivity index (χ1v) is 9.48. The highest BCUT2D eigenvalue weighted by atomic mass is 16.6. The van der Waals surface area contributed by atoms with Crippen molar-refractivity contribution in [3.8, 4) is 39.9 Å². The fourth-order valence-corrected chi connectivity index (χ4v) is 3.23. The minimum Gasteiger partial charge on any atom is -0.416 e. The van der Waals surface area contributed by atoms with Crippen molar-refractivity contribution in [3.63, 3.8) is 0 Å². The van der Waals surface area contributed by atoms with Gasteiger partial charge < -0.3 is 4.42 Å². The Labute approximate surface area is 176 Å². The van der Waals surface area contributed by atoms with E-state index < -0.39 is 4.92 Å². The number of nitrogens with zero attached hydrogens (tertiary/aromatic N) is 5. The van der Waals surface area contributed by atoms with E-state index in [0.29, 0.717) is 28.7 Å². The molecule has 0 aliphatic carbocycles. The molecule has 2 aromatic heterocycles. The number of rotatable bonds is 5. The van der Waals surface area contributed by atoms with Gasteiger partial charge in [-0.15, -0.1) is 10.2 Å². The Morgan fingerprint density at radius 2 is 1.39 bits per heavy atom. The Bertz CT molecular complexity index is 1340. The van der Waals surface area contributed by atoms with Crippen molar-refractivity contribution < 1.29 is 9.34 Å². The lowest BCUT2D eigenvalue weighted by molar-refractivity contribution is -0.384. The SMILES string of the molecule is O=[N+]([O-])c1ccc(-n2cc(-c3nnc(-c4ccccc4)o3)c(-c3ccccc3)n2)cc1. The Kier molecular flexibility index (Phi) is 4.57. The van der Waals surface area contributed by atoms with Gasteiger partial charge in [0, 0.05) is 29.5 Å². The molecule has 2 heterocycles. The molecule has 0 bridgehead atoms. The van der Waals surface area contributed by atoms with Gasteiger partial charge in [-0.05, 0) is 24.3 Å². The van der Waals surface area contributed by atoms with Crippen LogP contribution in [0.25, 0.3) is 39.9 Å². The monoisotopic (exact) mass is 409 g/mol. The van der Waals surface area contributed by atoms with Gasteiger partial charge in [-0.3, -0.25) is 10.1 Å². The molecule has 0 saturated carbocycles. The van der Waals surface area contributed by atoms with Crippen molar-refractivity contribution in [1.29, 1.82) is 0 Å². The smallest absolute Gasteiger partial charge is 0.269 e. The highest BCUT2D eigenvalue weighted by Crippen LogP contribution is 2.33. The lowest BCUT2D eigenvalue weighted by Crippen LogP contribution is -1.95. The lowest BCUT2D eigenvalue weighted by Gasteiger charge is -2.00. The van der Waals surface area contributed by atoms with Crippen LogP contribution in [0, 0.1) is 10.1 Å². The number of non-ortho nitro benzene ring substituents is 1. The maximum atomic E-state index is 11.0. The van der Waals surface area contributed by atoms with Crippen LogP contribution in [0.1, 0.15) is 0 Å². The third-order valence-corrected chi connectivity index (χ3v) is 4.76. The van der Waals surface area contributed by atoms with Crippen molar-refractivity contribution in [2.75, 3.05) is 0 Å². The Morgan fingerprint density at radius 1 is 0.774 bits per heavy atom. The maximum Gasteiger partial charge on any atom is 0.269 e. The summed E-state index contributed by atoms with van der Waals surface area (Å²) in [5, 5.41) is 24.1. The van der Waals surface area contributed by atoms with E-state index in [1.807, 2.05) is 60.7 Å². The molecule has 0 aliphatic heterocycles. The van der Waals surface area contributed by atoms with Crippen molar-refractivity contribution >= 4 is 5.69 Å². The summed E-state index contributed by atoms with van der Waals surface area (Å²) < 4.78 is 7.60. The number of hydrogen-bond donors (Lipinski definition) is 0. The normalized spacial score (nSPS) is 10.8. The summed E-state index contributed by atoms with van der Waals surface area (Å²) in [6.07, 6.45) is 1.78. The topological polar surface area (TPSA) is 99.9 Å². The van der Waals surface area contributed by atoms with Crippen LogP contribution in [-0.2, 0) is 0 Å². The van der Waals surface area contributed by atoms with Crippen molar-refractivity contribution in [2.24, 2.45) is 0 Å². The van der Waals surface area contributed by atoms with Crippen LogP contribution in [0.15, 0.2) is 95.5 Å². The molecule has 0 N–H and O–H groups in total. The second kappa shape index (κ2) is 7.68. The van der Waals surface area contributed by atoms with Crippen LogP contribution >= 0.6 is 0 Å². The van der Waals surface area contributed by atoms with E-state index in [0.717, 1.165) is 11.1 Å². The minimum absolute atomic E-state index is 0.0174. The predicted octanol–water partition coefficient (Wildman–Crippen LogP) is 5.16. The Balaban J connectivity index is 1.61. The summed E-state index contributed by atoms with van der Waals surface area (Å²) >= 11 is 0. The van der Waals surface area contributed by atoms with Crippen molar-refractivity contribution in [3.05, 3.63) is 101 Å². The standard InChI is InChI=1S/C23H15N5O3/c29-28(30)19-13-11-18(12-14-19)27-15-20(21(26-27)16-7-3-1-4-8-16)23-25-24-22(31-23)17-9-5-2-6-10-17/h1-15H. The molecule has 8 heteroatoms. The van der Waals surface area contributed by atoms with Crippen LogP contribution in [0.2, 0.25) is 0 Å². The number of benzene rings is 3. The molecule has 0 radical (unpaired) electrons. The fourth-order valence-electron chi connectivity index (χ4n) is 3.23. The molecule has 0 saturated heterocycles. The van der Waals surface area contributed by atoms with Gasteiger partial charge in [-0.25, -0.2) is 4.68 Å². The van der Waals surface area contributed by atoms with Crippen LogP contribution in [0.3, 0.4) is 0 Å². The number of aromatic nitrogens is 4. The lowest BCUT2D eigenvalue weighted by atomic mass is 10.1. The average molecular weight is 409 g/mol. The van der Waals surface area contributed by atoms with E-state index in [1.54, 1.807) is 23.0 Å². The highest BCUT2D eigenvalue weighted by molar-refractivity contribution is 5.77. The zero-order chi connectivity index (χ0) is 21.2. The molecule has 150 valence electrons. The number of nitro benzene ring substituents is 1. The molecule has 31 heavy (non-hydrogen) atoms. The van der Waals surface area contributed by atoms with Gasteiger partial charge >= 0.3 is 0 Å². The predicted molar refractivity (Wildman–Crippen MR) is 114 cm³/mol. The average Bonchev–Trinajstić information content (AvgIpc) is 3.48. The van der Waals surface area contributed by atoms with Gasteiger partial charge in [-0.2, -0.15) is 5.10 Å². The first kappa shape index (κ1) is 18.4. The fraction of sp³-hybridized carbons (Fsp3) is 0. The Hall–Kier alpha value is -4.59. The van der Waals surface area contributed by atoms with Gasteiger partial charge in [-0.1, -0.05) is 48.5 Å². The third-order valence-electron chi connectivity index (χ3n) is 4.76. The molecule has 3 aromatic carbocycles. The maximum absolute atomic E-state index is 11.0. The first-order valence-electron chi connectivity index (χ1n) is 9.48. The number of hydrogen-bond acceptors (Lipinski definition) is 6. The van der Waals surface area contributed by atoms with E-state index >= 15 is 0 Å². The van der Waals surface area contributed by atoms with E-state index in [9.17, 15) is 10.1 Å². The zero-order valence-electron chi connectivity index (χ0n) is 16.1. The van der Waals surface area contributed by atoms with E-state index in [1.165, 1.54) is 12.1 Å². The van der Waals surface area contributed by atoms with E-state index in [4.69, 9.17) is 9.52 Å². The summed E-state index contributed by atoms with van der Waals surface area (Å²) in [6.45, 7) is 0. The largest absolute Gasteiger partial charge is 0.416 e.